The first-order valence-corrected chi connectivity index (χ1v) is 7.91. The standard InChI is InChI=1S/C13H20N2O4S/c1-3-15-20(18,19)12-6-4-11(5-7-12)14-9-8-10(2)13(16)17/h4-7,10,14-15H,3,8-9H2,1-2H3,(H,16,17). The molecule has 0 bridgehead atoms. The smallest absolute Gasteiger partial charge is 0.306 e. The molecule has 0 aliphatic rings. The van der Waals surface area contributed by atoms with Crippen molar-refractivity contribution in [1.82, 2.24) is 4.72 Å². The zero-order valence-corrected chi connectivity index (χ0v) is 12.4. The molecule has 1 atom stereocenters. The van der Waals surface area contributed by atoms with E-state index in [-0.39, 0.29) is 4.90 Å². The molecule has 0 heterocycles. The number of anilines is 1. The Balaban J connectivity index is 2.57. The molecule has 0 aliphatic heterocycles. The monoisotopic (exact) mass is 300 g/mol. The highest BCUT2D eigenvalue weighted by Gasteiger charge is 2.12. The molecule has 0 amide bonds. The van der Waals surface area contributed by atoms with Crippen molar-refractivity contribution in [3.05, 3.63) is 24.3 Å². The quantitative estimate of drug-likeness (QED) is 0.676. The summed E-state index contributed by atoms with van der Waals surface area (Å²) in [5, 5.41) is 11.8. The summed E-state index contributed by atoms with van der Waals surface area (Å²) in [5.41, 5.74) is 0.762. The van der Waals surface area contributed by atoms with Crippen LogP contribution in [0.4, 0.5) is 5.69 Å². The van der Waals surface area contributed by atoms with Gasteiger partial charge in [-0.3, -0.25) is 4.79 Å². The third-order valence-corrected chi connectivity index (χ3v) is 4.39. The maximum Gasteiger partial charge on any atom is 0.306 e. The summed E-state index contributed by atoms with van der Waals surface area (Å²) in [7, 11) is -3.43. The molecule has 0 radical (unpaired) electrons. The van der Waals surface area contributed by atoms with Gasteiger partial charge in [0.25, 0.3) is 0 Å². The Morgan fingerprint density at radius 3 is 2.40 bits per heavy atom. The second kappa shape index (κ2) is 7.25. The second-order valence-electron chi connectivity index (χ2n) is 4.48. The second-order valence-corrected chi connectivity index (χ2v) is 6.25. The van der Waals surface area contributed by atoms with E-state index in [9.17, 15) is 13.2 Å². The van der Waals surface area contributed by atoms with Gasteiger partial charge in [-0.05, 0) is 30.7 Å². The van der Waals surface area contributed by atoms with Gasteiger partial charge >= 0.3 is 5.97 Å². The number of hydrogen-bond donors (Lipinski definition) is 3. The molecule has 1 aromatic carbocycles. The third-order valence-electron chi connectivity index (χ3n) is 2.83. The van der Waals surface area contributed by atoms with E-state index in [0.29, 0.717) is 19.5 Å². The third kappa shape index (κ3) is 4.82. The first-order valence-electron chi connectivity index (χ1n) is 6.43. The molecule has 0 aromatic heterocycles. The van der Waals surface area contributed by atoms with Crippen LogP contribution in [-0.2, 0) is 14.8 Å². The molecule has 1 unspecified atom stereocenters. The maximum atomic E-state index is 11.7. The van der Waals surface area contributed by atoms with Crippen LogP contribution in [-0.4, -0.2) is 32.6 Å². The van der Waals surface area contributed by atoms with Crippen molar-refractivity contribution in [2.75, 3.05) is 18.4 Å². The van der Waals surface area contributed by atoms with Crippen molar-refractivity contribution >= 4 is 21.7 Å². The highest BCUT2D eigenvalue weighted by atomic mass is 32.2. The fraction of sp³-hybridized carbons (Fsp3) is 0.462. The van der Waals surface area contributed by atoms with E-state index in [4.69, 9.17) is 5.11 Å². The molecule has 3 N–H and O–H groups in total. The molecule has 1 rings (SSSR count). The Morgan fingerprint density at radius 1 is 1.30 bits per heavy atom. The Labute approximate surface area is 119 Å². The molecular formula is C13H20N2O4S. The van der Waals surface area contributed by atoms with Crippen molar-refractivity contribution in [1.29, 1.82) is 0 Å². The van der Waals surface area contributed by atoms with Gasteiger partial charge in [0.15, 0.2) is 0 Å². The molecule has 0 spiro atoms. The molecule has 0 saturated heterocycles. The summed E-state index contributed by atoms with van der Waals surface area (Å²) < 4.78 is 25.9. The van der Waals surface area contributed by atoms with Crippen LogP contribution in [0, 0.1) is 5.92 Å². The Kier molecular flexibility index (Phi) is 5.97. The van der Waals surface area contributed by atoms with E-state index in [1.807, 2.05) is 0 Å². The summed E-state index contributed by atoms with van der Waals surface area (Å²) in [5.74, 6) is -1.23. The van der Waals surface area contributed by atoms with E-state index >= 15 is 0 Å². The molecule has 0 fully saturated rings. The average molecular weight is 300 g/mol. The summed E-state index contributed by atoms with van der Waals surface area (Å²) in [6.45, 7) is 4.23. The zero-order valence-electron chi connectivity index (χ0n) is 11.6. The van der Waals surface area contributed by atoms with Gasteiger partial charge in [-0.15, -0.1) is 0 Å². The Bertz CT molecular complexity index is 540. The first kappa shape index (κ1) is 16.5. The number of rotatable bonds is 8. The number of hydrogen-bond acceptors (Lipinski definition) is 4. The van der Waals surface area contributed by atoms with Crippen molar-refractivity contribution < 1.29 is 18.3 Å². The largest absolute Gasteiger partial charge is 0.481 e. The lowest BCUT2D eigenvalue weighted by Gasteiger charge is -2.10. The molecule has 112 valence electrons. The summed E-state index contributed by atoms with van der Waals surface area (Å²) in [6.07, 6.45) is 0.507. The van der Waals surface area contributed by atoms with Crippen LogP contribution in [0.1, 0.15) is 20.3 Å². The number of carboxylic acid groups (broad SMARTS) is 1. The lowest BCUT2D eigenvalue weighted by atomic mass is 10.1. The van der Waals surface area contributed by atoms with Crippen LogP contribution in [0.2, 0.25) is 0 Å². The van der Waals surface area contributed by atoms with Gasteiger partial charge in [-0.2, -0.15) is 0 Å². The van der Waals surface area contributed by atoms with Gasteiger partial charge in [0.2, 0.25) is 10.0 Å². The lowest BCUT2D eigenvalue weighted by Crippen LogP contribution is -2.23. The average Bonchev–Trinajstić information content (AvgIpc) is 2.39. The first-order chi connectivity index (χ1) is 9.36. The van der Waals surface area contributed by atoms with Crippen molar-refractivity contribution in [2.45, 2.75) is 25.2 Å². The van der Waals surface area contributed by atoms with Gasteiger partial charge < -0.3 is 10.4 Å². The molecule has 6 nitrogen and oxygen atoms in total. The molecule has 0 saturated carbocycles. The van der Waals surface area contributed by atoms with E-state index < -0.39 is 21.9 Å². The number of sulfonamides is 1. The van der Waals surface area contributed by atoms with Gasteiger partial charge in [-0.25, -0.2) is 13.1 Å². The Morgan fingerprint density at radius 2 is 1.90 bits per heavy atom. The summed E-state index contributed by atoms with van der Waals surface area (Å²) in [4.78, 5) is 10.9. The fourth-order valence-electron chi connectivity index (χ4n) is 1.58. The van der Waals surface area contributed by atoms with E-state index in [1.54, 1.807) is 26.0 Å². The SMILES string of the molecule is CCNS(=O)(=O)c1ccc(NCCC(C)C(=O)O)cc1. The Hall–Kier alpha value is -1.60. The number of aliphatic carboxylic acids is 1. The normalized spacial score (nSPS) is 12.9. The van der Waals surface area contributed by atoms with Crippen molar-refractivity contribution in [3.63, 3.8) is 0 Å². The lowest BCUT2D eigenvalue weighted by molar-refractivity contribution is -0.141. The van der Waals surface area contributed by atoms with Crippen molar-refractivity contribution in [3.8, 4) is 0 Å². The highest BCUT2D eigenvalue weighted by molar-refractivity contribution is 7.89. The molecule has 7 heteroatoms. The van der Waals surface area contributed by atoms with Crippen LogP contribution in [0.25, 0.3) is 0 Å². The maximum absolute atomic E-state index is 11.7. The van der Waals surface area contributed by atoms with Gasteiger partial charge in [0.1, 0.15) is 0 Å². The number of carbonyl (C=O) groups is 1. The minimum Gasteiger partial charge on any atom is -0.481 e. The minimum absolute atomic E-state index is 0.212. The van der Waals surface area contributed by atoms with E-state index in [0.717, 1.165) is 5.69 Å². The van der Waals surface area contributed by atoms with Gasteiger partial charge in [-0.1, -0.05) is 13.8 Å². The highest BCUT2D eigenvalue weighted by Crippen LogP contribution is 2.14. The van der Waals surface area contributed by atoms with E-state index in [2.05, 4.69) is 10.0 Å². The predicted molar refractivity (Wildman–Crippen MR) is 77.2 cm³/mol. The number of nitrogens with one attached hydrogen (secondary N) is 2. The number of benzene rings is 1. The molecule has 20 heavy (non-hydrogen) atoms. The minimum atomic E-state index is -3.43. The fourth-order valence-corrected chi connectivity index (χ4v) is 2.62. The molecule has 0 aliphatic carbocycles. The predicted octanol–water partition coefficient (Wildman–Crippen LogP) is 1.51. The number of carboxylic acids is 1. The van der Waals surface area contributed by atoms with Crippen LogP contribution < -0.4 is 10.0 Å². The summed E-state index contributed by atoms with van der Waals surface area (Å²) in [6, 6.07) is 6.35. The van der Waals surface area contributed by atoms with Crippen LogP contribution in [0.5, 0.6) is 0 Å². The van der Waals surface area contributed by atoms with Crippen molar-refractivity contribution in [2.24, 2.45) is 5.92 Å². The zero-order chi connectivity index (χ0) is 15.2. The van der Waals surface area contributed by atoms with E-state index in [1.165, 1.54) is 12.1 Å². The molecule has 1 aromatic rings. The van der Waals surface area contributed by atoms with Crippen LogP contribution in [0.3, 0.4) is 0 Å². The molecular weight excluding hydrogens is 280 g/mol. The summed E-state index contributed by atoms with van der Waals surface area (Å²) >= 11 is 0. The van der Waals surface area contributed by atoms with Crippen LogP contribution >= 0.6 is 0 Å². The van der Waals surface area contributed by atoms with Gasteiger partial charge in [0, 0.05) is 18.8 Å². The topological polar surface area (TPSA) is 95.5 Å². The van der Waals surface area contributed by atoms with Crippen LogP contribution in [0.15, 0.2) is 29.2 Å². The van der Waals surface area contributed by atoms with Gasteiger partial charge in [0.05, 0.1) is 10.8 Å².